The maximum atomic E-state index is 13.0. The van der Waals surface area contributed by atoms with Gasteiger partial charge in [-0.05, 0) is 37.7 Å². The highest BCUT2D eigenvalue weighted by Crippen LogP contribution is 2.36. The second-order valence-electron chi connectivity index (χ2n) is 7.23. The molecule has 6 nitrogen and oxygen atoms in total. The van der Waals surface area contributed by atoms with Crippen LogP contribution in [0.5, 0.6) is 0 Å². The molecule has 0 atom stereocenters. The number of aromatic nitrogens is 2. The van der Waals surface area contributed by atoms with Crippen molar-refractivity contribution < 1.29 is 14.7 Å². The van der Waals surface area contributed by atoms with Gasteiger partial charge in [-0.2, -0.15) is 5.10 Å². The van der Waals surface area contributed by atoms with Crippen molar-refractivity contribution in [1.82, 2.24) is 14.7 Å². The summed E-state index contributed by atoms with van der Waals surface area (Å²) < 4.78 is 1.94. The minimum atomic E-state index is -0.906. The third kappa shape index (κ3) is 2.69. The van der Waals surface area contributed by atoms with Crippen molar-refractivity contribution >= 4 is 11.9 Å². The van der Waals surface area contributed by atoms with Gasteiger partial charge in [0.25, 0.3) is 5.91 Å². The largest absolute Gasteiger partial charge is 0.481 e. The average Bonchev–Trinajstić information content (AvgIpc) is 3.12. The number of carbonyl (C=O) groups excluding carboxylic acids is 1. The summed E-state index contributed by atoms with van der Waals surface area (Å²) in [6.07, 6.45) is 5.62. The highest BCUT2D eigenvalue weighted by molar-refractivity contribution is 5.95. The minimum absolute atomic E-state index is 0.0137. The van der Waals surface area contributed by atoms with E-state index in [0.717, 1.165) is 37.1 Å². The Kier molecular flexibility index (Phi) is 4.26. The number of amides is 1. The van der Waals surface area contributed by atoms with Gasteiger partial charge >= 0.3 is 5.97 Å². The van der Waals surface area contributed by atoms with Crippen molar-refractivity contribution in [3.63, 3.8) is 0 Å². The van der Waals surface area contributed by atoms with E-state index in [2.05, 4.69) is 5.10 Å². The minimum Gasteiger partial charge on any atom is -0.481 e. The lowest BCUT2D eigenvalue weighted by atomic mass is 9.72. The van der Waals surface area contributed by atoms with Crippen molar-refractivity contribution in [3.8, 4) is 0 Å². The number of fused-ring (bicyclic) bond motifs is 1. The lowest BCUT2D eigenvalue weighted by Gasteiger charge is -2.39. The van der Waals surface area contributed by atoms with Gasteiger partial charge < -0.3 is 10.0 Å². The van der Waals surface area contributed by atoms with Crippen LogP contribution < -0.4 is 0 Å². The summed E-state index contributed by atoms with van der Waals surface area (Å²) in [6, 6.07) is 9.38. The maximum absolute atomic E-state index is 13.0. The summed E-state index contributed by atoms with van der Waals surface area (Å²) in [4.78, 5) is 26.8. The quantitative estimate of drug-likeness (QED) is 0.920. The first-order valence-corrected chi connectivity index (χ1v) is 9.25. The second kappa shape index (κ2) is 6.59. The van der Waals surface area contributed by atoms with Gasteiger partial charge in [-0.3, -0.25) is 14.3 Å². The molecule has 1 fully saturated rings. The molecule has 0 aliphatic carbocycles. The van der Waals surface area contributed by atoms with Crippen LogP contribution in [-0.4, -0.2) is 44.8 Å². The summed E-state index contributed by atoms with van der Waals surface area (Å²) in [5.74, 6) is -0.820. The molecule has 136 valence electrons. The van der Waals surface area contributed by atoms with Crippen molar-refractivity contribution in [2.45, 2.75) is 44.1 Å². The number of carboxylic acids is 1. The molecule has 0 bridgehead atoms. The molecular formula is C20H23N3O3. The van der Waals surface area contributed by atoms with E-state index in [-0.39, 0.29) is 5.91 Å². The fourth-order valence-electron chi connectivity index (χ4n) is 4.24. The van der Waals surface area contributed by atoms with Crippen molar-refractivity contribution in [2.75, 3.05) is 13.1 Å². The molecule has 2 aliphatic rings. The zero-order valence-corrected chi connectivity index (χ0v) is 14.7. The summed E-state index contributed by atoms with van der Waals surface area (Å²) in [7, 11) is 0. The van der Waals surface area contributed by atoms with E-state index >= 15 is 0 Å². The van der Waals surface area contributed by atoms with Gasteiger partial charge in [-0.15, -0.1) is 0 Å². The summed E-state index contributed by atoms with van der Waals surface area (Å²) in [5.41, 5.74) is 1.63. The Bertz CT molecular complexity index is 820. The highest BCUT2D eigenvalue weighted by atomic mass is 16.4. The van der Waals surface area contributed by atoms with Gasteiger partial charge in [0.15, 0.2) is 0 Å². The Labute approximate surface area is 152 Å². The lowest BCUT2D eigenvalue weighted by Crippen LogP contribution is -2.49. The normalized spacial score (nSPS) is 19.0. The third-order valence-corrected chi connectivity index (χ3v) is 5.85. The molecule has 0 spiro atoms. The number of hydrogen-bond donors (Lipinski definition) is 1. The predicted octanol–water partition coefficient (Wildman–Crippen LogP) is 2.48. The van der Waals surface area contributed by atoms with Crippen LogP contribution in [0, 0.1) is 0 Å². The Hall–Kier alpha value is -2.63. The number of rotatable bonds is 3. The summed E-state index contributed by atoms with van der Waals surface area (Å²) >= 11 is 0. The number of piperidine rings is 1. The number of hydrogen-bond acceptors (Lipinski definition) is 3. The maximum Gasteiger partial charge on any atom is 0.314 e. The van der Waals surface area contributed by atoms with E-state index in [1.165, 1.54) is 0 Å². The Morgan fingerprint density at radius 1 is 1.04 bits per heavy atom. The lowest BCUT2D eigenvalue weighted by molar-refractivity contribution is -0.145. The molecule has 26 heavy (non-hydrogen) atoms. The van der Waals surface area contributed by atoms with Crippen LogP contribution in [0.1, 0.15) is 47.3 Å². The molecular weight excluding hydrogens is 330 g/mol. The average molecular weight is 353 g/mol. The number of nitrogens with zero attached hydrogens (tertiary/aromatic N) is 3. The van der Waals surface area contributed by atoms with Gasteiger partial charge in [0, 0.05) is 19.6 Å². The van der Waals surface area contributed by atoms with Gasteiger partial charge in [-0.1, -0.05) is 30.3 Å². The van der Waals surface area contributed by atoms with Crippen LogP contribution in [0.2, 0.25) is 0 Å². The van der Waals surface area contributed by atoms with E-state index in [9.17, 15) is 14.7 Å². The molecule has 0 saturated carbocycles. The molecule has 2 aromatic rings. The zero-order chi connectivity index (χ0) is 18.1. The molecule has 2 aliphatic heterocycles. The molecule has 4 rings (SSSR count). The van der Waals surface area contributed by atoms with Crippen LogP contribution in [0.25, 0.3) is 0 Å². The van der Waals surface area contributed by atoms with Crippen LogP contribution in [0.3, 0.4) is 0 Å². The topological polar surface area (TPSA) is 75.4 Å². The standard InChI is InChI=1S/C20H23N3O3/c24-18(16-14-21-23-11-5-4-8-17(16)23)22-12-9-20(10-13-22,19(25)26)15-6-2-1-3-7-15/h1-3,6-7,14H,4-5,8-13H2,(H,25,26). The molecule has 1 aromatic carbocycles. The van der Waals surface area contributed by atoms with Crippen molar-refractivity contribution in [1.29, 1.82) is 0 Å². The van der Waals surface area contributed by atoms with Crippen LogP contribution in [-0.2, 0) is 23.2 Å². The fraction of sp³-hybridized carbons (Fsp3) is 0.450. The van der Waals surface area contributed by atoms with Crippen molar-refractivity contribution in [2.24, 2.45) is 0 Å². The molecule has 1 aromatic heterocycles. The number of carboxylic acid groups (broad SMARTS) is 1. The highest BCUT2D eigenvalue weighted by Gasteiger charge is 2.44. The first-order valence-electron chi connectivity index (χ1n) is 9.25. The van der Waals surface area contributed by atoms with E-state index in [0.29, 0.717) is 31.5 Å². The van der Waals surface area contributed by atoms with Gasteiger partial charge in [-0.25, -0.2) is 0 Å². The SMILES string of the molecule is O=C(c1cnn2c1CCCC2)N1CCC(C(=O)O)(c2ccccc2)CC1. The summed E-state index contributed by atoms with van der Waals surface area (Å²) in [6.45, 7) is 1.77. The van der Waals surface area contributed by atoms with Crippen LogP contribution in [0.4, 0.5) is 0 Å². The van der Waals surface area contributed by atoms with Gasteiger partial charge in [0.2, 0.25) is 0 Å². The van der Waals surface area contributed by atoms with E-state index in [1.807, 2.05) is 35.0 Å². The number of carbonyl (C=O) groups is 2. The Balaban J connectivity index is 1.53. The Morgan fingerprint density at radius 2 is 1.77 bits per heavy atom. The third-order valence-electron chi connectivity index (χ3n) is 5.85. The van der Waals surface area contributed by atoms with E-state index in [4.69, 9.17) is 0 Å². The number of benzene rings is 1. The van der Waals surface area contributed by atoms with E-state index < -0.39 is 11.4 Å². The smallest absolute Gasteiger partial charge is 0.314 e. The molecule has 3 heterocycles. The molecule has 0 radical (unpaired) electrons. The number of aliphatic carboxylic acids is 1. The second-order valence-corrected chi connectivity index (χ2v) is 7.23. The van der Waals surface area contributed by atoms with E-state index in [1.54, 1.807) is 11.1 Å². The fourth-order valence-corrected chi connectivity index (χ4v) is 4.24. The number of likely N-dealkylation sites (tertiary alicyclic amines) is 1. The first kappa shape index (κ1) is 16.8. The Morgan fingerprint density at radius 3 is 2.46 bits per heavy atom. The number of aryl methyl sites for hydroxylation is 1. The summed E-state index contributed by atoms with van der Waals surface area (Å²) in [5, 5.41) is 14.2. The molecule has 1 N–H and O–H groups in total. The molecule has 0 unspecified atom stereocenters. The van der Waals surface area contributed by atoms with Gasteiger partial charge in [0.1, 0.15) is 0 Å². The van der Waals surface area contributed by atoms with Crippen LogP contribution >= 0.6 is 0 Å². The predicted molar refractivity (Wildman–Crippen MR) is 96.1 cm³/mol. The molecule has 1 saturated heterocycles. The first-order chi connectivity index (χ1) is 12.6. The molecule has 6 heteroatoms. The zero-order valence-electron chi connectivity index (χ0n) is 14.7. The molecule has 1 amide bonds. The monoisotopic (exact) mass is 353 g/mol. The van der Waals surface area contributed by atoms with Gasteiger partial charge in [0.05, 0.1) is 22.9 Å². The van der Waals surface area contributed by atoms with Crippen LogP contribution in [0.15, 0.2) is 36.5 Å². The van der Waals surface area contributed by atoms with Crippen molar-refractivity contribution in [3.05, 3.63) is 53.3 Å².